The lowest BCUT2D eigenvalue weighted by molar-refractivity contribution is -0.146. The molecule has 0 N–H and O–H groups in total. The van der Waals surface area contributed by atoms with Gasteiger partial charge in [0, 0.05) is 38.3 Å². The van der Waals surface area contributed by atoms with Crippen LogP contribution in [-0.4, -0.2) is 57.3 Å². The number of carbonyl (C=O) groups is 3. The predicted octanol–water partition coefficient (Wildman–Crippen LogP) is 0.877. The van der Waals surface area contributed by atoms with Crippen molar-refractivity contribution >= 4 is 17.7 Å². The molecule has 1 atom stereocenters. The van der Waals surface area contributed by atoms with Crippen molar-refractivity contribution in [2.75, 3.05) is 19.6 Å². The van der Waals surface area contributed by atoms with Gasteiger partial charge < -0.3 is 9.42 Å². The van der Waals surface area contributed by atoms with E-state index in [4.69, 9.17) is 4.52 Å². The molecule has 3 fully saturated rings. The molecule has 134 valence electrons. The molecular weight excluding hydrogens is 324 g/mol. The highest BCUT2D eigenvalue weighted by atomic mass is 16.5. The van der Waals surface area contributed by atoms with Crippen molar-refractivity contribution < 1.29 is 18.9 Å². The molecule has 1 aromatic heterocycles. The molecular formula is C17H22N4O4. The van der Waals surface area contributed by atoms with Crippen molar-refractivity contribution in [1.29, 1.82) is 0 Å². The molecule has 0 bridgehead atoms. The first-order valence-corrected chi connectivity index (χ1v) is 9.03. The van der Waals surface area contributed by atoms with Gasteiger partial charge in [0.2, 0.25) is 23.6 Å². The lowest BCUT2D eigenvalue weighted by Crippen LogP contribution is -2.46. The summed E-state index contributed by atoms with van der Waals surface area (Å²) in [6.45, 7) is 1.15. The SMILES string of the molecule is O=C(CN1C(=O)CCC1=O)N1CCC[C@H](Cc2nc(C3CC3)no2)C1. The summed E-state index contributed by atoms with van der Waals surface area (Å²) in [5.41, 5.74) is 0. The maximum Gasteiger partial charge on any atom is 0.242 e. The minimum absolute atomic E-state index is 0.128. The van der Waals surface area contributed by atoms with Gasteiger partial charge in [-0.05, 0) is 31.6 Å². The number of amides is 3. The van der Waals surface area contributed by atoms with E-state index in [-0.39, 0.29) is 43.0 Å². The minimum atomic E-state index is -0.245. The summed E-state index contributed by atoms with van der Waals surface area (Å²) in [7, 11) is 0. The third kappa shape index (κ3) is 3.57. The zero-order valence-corrected chi connectivity index (χ0v) is 14.1. The molecule has 25 heavy (non-hydrogen) atoms. The fourth-order valence-electron chi connectivity index (χ4n) is 3.60. The third-order valence-electron chi connectivity index (χ3n) is 5.21. The molecule has 0 spiro atoms. The maximum atomic E-state index is 12.5. The predicted molar refractivity (Wildman–Crippen MR) is 85.2 cm³/mol. The first kappa shape index (κ1) is 16.2. The van der Waals surface area contributed by atoms with Gasteiger partial charge in [-0.2, -0.15) is 4.98 Å². The molecule has 3 aliphatic rings. The first-order valence-electron chi connectivity index (χ1n) is 9.03. The van der Waals surface area contributed by atoms with E-state index >= 15 is 0 Å². The number of carbonyl (C=O) groups excluding carboxylic acids is 3. The number of likely N-dealkylation sites (tertiary alicyclic amines) is 2. The number of nitrogens with zero attached hydrogens (tertiary/aromatic N) is 4. The van der Waals surface area contributed by atoms with Crippen molar-refractivity contribution in [2.24, 2.45) is 5.92 Å². The van der Waals surface area contributed by atoms with Crippen LogP contribution in [0.2, 0.25) is 0 Å². The second-order valence-electron chi connectivity index (χ2n) is 7.25. The van der Waals surface area contributed by atoms with Crippen molar-refractivity contribution in [1.82, 2.24) is 19.9 Å². The Balaban J connectivity index is 1.32. The van der Waals surface area contributed by atoms with Crippen LogP contribution >= 0.6 is 0 Å². The highest BCUT2D eigenvalue weighted by molar-refractivity contribution is 6.04. The highest BCUT2D eigenvalue weighted by Crippen LogP contribution is 2.38. The molecule has 3 heterocycles. The van der Waals surface area contributed by atoms with Crippen LogP contribution in [0.5, 0.6) is 0 Å². The van der Waals surface area contributed by atoms with Gasteiger partial charge in [-0.15, -0.1) is 0 Å². The zero-order valence-electron chi connectivity index (χ0n) is 14.1. The fraction of sp³-hybridized carbons (Fsp3) is 0.706. The summed E-state index contributed by atoms with van der Waals surface area (Å²) >= 11 is 0. The molecule has 2 aliphatic heterocycles. The molecule has 8 nitrogen and oxygen atoms in total. The number of piperidine rings is 1. The Labute approximate surface area is 145 Å². The van der Waals surface area contributed by atoms with E-state index in [0.29, 0.717) is 31.3 Å². The molecule has 1 saturated carbocycles. The Kier molecular flexibility index (Phi) is 4.27. The summed E-state index contributed by atoms with van der Waals surface area (Å²) < 4.78 is 5.34. The smallest absolute Gasteiger partial charge is 0.242 e. The maximum absolute atomic E-state index is 12.5. The lowest BCUT2D eigenvalue weighted by Gasteiger charge is -2.33. The Hall–Kier alpha value is -2.25. The van der Waals surface area contributed by atoms with Crippen molar-refractivity contribution in [3.8, 4) is 0 Å². The van der Waals surface area contributed by atoms with Gasteiger partial charge in [-0.3, -0.25) is 19.3 Å². The van der Waals surface area contributed by atoms with Gasteiger partial charge in [-0.25, -0.2) is 0 Å². The quantitative estimate of drug-likeness (QED) is 0.734. The molecule has 1 aromatic rings. The second-order valence-corrected chi connectivity index (χ2v) is 7.25. The molecule has 4 rings (SSSR count). The number of imide groups is 1. The molecule has 0 unspecified atom stereocenters. The first-order chi connectivity index (χ1) is 12.1. The number of hydrogen-bond acceptors (Lipinski definition) is 6. The molecule has 0 aromatic carbocycles. The Morgan fingerprint density at radius 2 is 1.92 bits per heavy atom. The van der Waals surface area contributed by atoms with Crippen LogP contribution in [0.15, 0.2) is 4.52 Å². The Morgan fingerprint density at radius 3 is 2.64 bits per heavy atom. The topological polar surface area (TPSA) is 96.6 Å². The van der Waals surface area contributed by atoms with Crippen LogP contribution in [0, 0.1) is 5.92 Å². The molecule has 1 aliphatic carbocycles. The summed E-state index contributed by atoms with van der Waals surface area (Å²) in [6, 6.07) is 0. The van der Waals surface area contributed by atoms with Gasteiger partial charge >= 0.3 is 0 Å². The Morgan fingerprint density at radius 1 is 1.16 bits per heavy atom. The second kappa shape index (κ2) is 6.57. The number of hydrogen-bond donors (Lipinski definition) is 0. The van der Waals surface area contributed by atoms with Crippen LogP contribution in [-0.2, 0) is 20.8 Å². The van der Waals surface area contributed by atoms with Crippen LogP contribution in [0.1, 0.15) is 56.2 Å². The molecule has 3 amide bonds. The van der Waals surface area contributed by atoms with E-state index in [1.807, 2.05) is 0 Å². The van der Waals surface area contributed by atoms with Crippen molar-refractivity contribution in [3.63, 3.8) is 0 Å². The van der Waals surface area contributed by atoms with E-state index in [1.54, 1.807) is 4.90 Å². The van der Waals surface area contributed by atoms with E-state index in [2.05, 4.69) is 10.1 Å². The van der Waals surface area contributed by atoms with Gasteiger partial charge in [0.25, 0.3) is 0 Å². The third-order valence-corrected chi connectivity index (χ3v) is 5.21. The van der Waals surface area contributed by atoms with E-state index in [1.165, 1.54) is 0 Å². The number of rotatable bonds is 5. The van der Waals surface area contributed by atoms with Crippen molar-refractivity contribution in [2.45, 2.75) is 50.9 Å². The van der Waals surface area contributed by atoms with E-state index in [0.717, 1.165) is 36.4 Å². The van der Waals surface area contributed by atoms with Crippen LogP contribution < -0.4 is 0 Å². The lowest BCUT2D eigenvalue weighted by atomic mass is 9.94. The van der Waals surface area contributed by atoms with E-state index in [9.17, 15) is 14.4 Å². The summed E-state index contributed by atoms with van der Waals surface area (Å²) in [4.78, 5) is 43.1. The zero-order chi connectivity index (χ0) is 17.4. The average molecular weight is 346 g/mol. The van der Waals surface area contributed by atoms with Crippen LogP contribution in [0.4, 0.5) is 0 Å². The number of aromatic nitrogens is 2. The summed E-state index contributed by atoms with van der Waals surface area (Å²) in [5.74, 6) is 1.55. The van der Waals surface area contributed by atoms with Crippen molar-refractivity contribution in [3.05, 3.63) is 11.7 Å². The van der Waals surface area contributed by atoms with Gasteiger partial charge in [0.15, 0.2) is 5.82 Å². The average Bonchev–Trinajstić information content (AvgIpc) is 3.29. The standard InChI is InChI=1S/C17H22N4O4/c22-14-5-6-15(23)21(14)10-16(24)20-7-1-2-11(9-20)8-13-18-17(19-25-13)12-3-4-12/h11-12H,1-10H2/t11-/m1/s1. The fourth-order valence-corrected chi connectivity index (χ4v) is 3.60. The largest absolute Gasteiger partial charge is 0.341 e. The van der Waals surface area contributed by atoms with E-state index < -0.39 is 0 Å². The van der Waals surface area contributed by atoms with Gasteiger partial charge in [-0.1, -0.05) is 5.16 Å². The Bertz CT molecular complexity index is 681. The highest BCUT2D eigenvalue weighted by Gasteiger charge is 2.34. The summed E-state index contributed by atoms with van der Waals surface area (Å²) in [6.07, 6.45) is 5.29. The van der Waals surface area contributed by atoms with Gasteiger partial charge in [0.05, 0.1) is 0 Å². The normalized spacial score (nSPS) is 24.2. The molecule has 2 saturated heterocycles. The molecule has 0 radical (unpaired) electrons. The van der Waals surface area contributed by atoms with Gasteiger partial charge in [0.1, 0.15) is 6.54 Å². The van der Waals surface area contributed by atoms with Crippen LogP contribution in [0.25, 0.3) is 0 Å². The summed E-state index contributed by atoms with van der Waals surface area (Å²) in [5, 5.41) is 4.03. The monoisotopic (exact) mass is 346 g/mol. The molecule has 8 heteroatoms. The van der Waals surface area contributed by atoms with Crippen LogP contribution in [0.3, 0.4) is 0 Å². The minimum Gasteiger partial charge on any atom is -0.341 e.